The maximum atomic E-state index is 12.8. The summed E-state index contributed by atoms with van der Waals surface area (Å²) in [6, 6.07) is 10.1. The Morgan fingerprint density at radius 3 is 2.52 bits per heavy atom. The molecule has 1 aromatic heterocycles. The second kappa shape index (κ2) is 8.58. The van der Waals surface area contributed by atoms with E-state index in [0.717, 1.165) is 18.4 Å². The Hall–Kier alpha value is -2.47. The molecule has 0 spiro atoms. The van der Waals surface area contributed by atoms with Crippen LogP contribution >= 0.6 is 0 Å². The Kier molecular flexibility index (Phi) is 6.47. The number of furan rings is 1. The minimum Gasteiger partial charge on any atom is -0.451 e. The predicted molar refractivity (Wildman–Crippen MR) is 98.1 cm³/mol. The molecule has 0 atom stereocenters. The van der Waals surface area contributed by atoms with Crippen molar-refractivity contribution in [2.45, 2.75) is 38.1 Å². The highest BCUT2D eigenvalue weighted by Crippen LogP contribution is 2.19. The molecule has 0 amide bonds. The number of benzene rings is 1. The van der Waals surface area contributed by atoms with Gasteiger partial charge in [-0.3, -0.25) is 0 Å². The van der Waals surface area contributed by atoms with Crippen molar-refractivity contribution in [2.24, 2.45) is 0 Å². The van der Waals surface area contributed by atoms with Crippen LogP contribution in [0, 0.1) is 31.1 Å². The molecule has 130 valence electrons. The summed E-state index contributed by atoms with van der Waals surface area (Å²) in [6.07, 6.45) is 7.13. The van der Waals surface area contributed by atoms with Crippen molar-refractivity contribution in [3.05, 3.63) is 53.5 Å². The molecule has 0 aliphatic heterocycles. The Morgan fingerprint density at radius 1 is 1.16 bits per heavy atom. The molecule has 0 unspecified atom stereocenters. The minimum absolute atomic E-state index is 0.0340. The van der Waals surface area contributed by atoms with E-state index < -0.39 is 10.0 Å². The Bertz CT molecular complexity index is 906. The van der Waals surface area contributed by atoms with Crippen LogP contribution in [-0.4, -0.2) is 19.3 Å². The zero-order chi connectivity index (χ0) is 18.3. The molecule has 5 heteroatoms. The van der Waals surface area contributed by atoms with Crippen LogP contribution < -0.4 is 0 Å². The van der Waals surface area contributed by atoms with Gasteiger partial charge in [-0.05, 0) is 43.5 Å². The largest absolute Gasteiger partial charge is 0.451 e. The fourth-order valence-electron chi connectivity index (χ4n) is 2.17. The number of terminal acetylenes is 1. The number of nitrogens with zero attached hydrogens (tertiary/aromatic N) is 1. The van der Waals surface area contributed by atoms with Gasteiger partial charge in [-0.2, -0.15) is 4.31 Å². The van der Waals surface area contributed by atoms with E-state index in [-0.39, 0.29) is 18.0 Å². The van der Waals surface area contributed by atoms with Gasteiger partial charge < -0.3 is 4.42 Å². The quantitative estimate of drug-likeness (QED) is 0.745. The summed E-state index contributed by atoms with van der Waals surface area (Å²) < 4.78 is 32.5. The maximum absolute atomic E-state index is 12.8. The second-order valence-corrected chi connectivity index (χ2v) is 7.55. The van der Waals surface area contributed by atoms with E-state index in [0.29, 0.717) is 11.5 Å². The van der Waals surface area contributed by atoms with Crippen LogP contribution in [-0.2, 0) is 16.6 Å². The lowest BCUT2D eigenvalue weighted by Gasteiger charge is -2.18. The maximum Gasteiger partial charge on any atom is 0.244 e. The van der Waals surface area contributed by atoms with E-state index in [2.05, 4.69) is 24.7 Å². The molecule has 4 nitrogen and oxygen atoms in total. The van der Waals surface area contributed by atoms with E-state index in [1.807, 2.05) is 6.92 Å². The molecule has 0 radical (unpaired) electrons. The van der Waals surface area contributed by atoms with Gasteiger partial charge >= 0.3 is 0 Å². The summed E-state index contributed by atoms with van der Waals surface area (Å²) in [7, 11) is -3.70. The van der Waals surface area contributed by atoms with Crippen LogP contribution in [0.4, 0.5) is 0 Å². The van der Waals surface area contributed by atoms with Gasteiger partial charge in [0.2, 0.25) is 10.0 Å². The Balaban J connectivity index is 2.23. The van der Waals surface area contributed by atoms with E-state index >= 15 is 0 Å². The van der Waals surface area contributed by atoms with Crippen molar-refractivity contribution >= 4 is 10.0 Å². The van der Waals surface area contributed by atoms with Crippen molar-refractivity contribution in [3.63, 3.8) is 0 Å². The SMILES string of the molecule is C#CCN(Cc1ccc(C#CCCC)o1)S(=O)(=O)c1ccc(C)cc1. The molecule has 0 saturated heterocycles. The van der Waals surface area contributed by atoms with Gasteiger partial charge in [0, 0.05) is 6.42 Å². The van der Waals surface area contributed by atoms with E-state index in [1.165, 1.54) is 4.31 Å². The third-order valence-electron chi connectivity index (χ3n) is 3.51. The van der Waals surface area contributed by atoms with Crippen molar-refractivity contribution in [3.8, 4) is 24.2 Å². The summed E-state index contributed by atoms with van der Waals surface area (Å²) in [5.74, 6) is 9.35. The fourth-order valence-corrected chi connectivity index (χ4v) is 3.49. The van der Waals surface area contributed by atoms with Crippen molar-refractivity contribution in [1.82, 2.24) is 4.31 Å². The molecular formula is C20H21NO3S. The number of sulfonamides is 1. The van der Waals surface area contributed by atoms with Crippen molar-refractivity contribution in [2.75, 3.05) is 6.54 Å². The molecule has 0 fully saturated rings. The number of unbranched alkanes of at least 4 members (excludes halogenated alkanes) is 1. The number of rotatable bonds is 6. The molecule has 2 rings (SSSR count). The summed E-state index contributed by atoms with van der Waals surface area (Å²) in [5.41, 5.74) is 0.990. The monoisotopic (exact) mass is 355 g/mol. The predicted octanol–water partition coefficient (Wildman–Crippen LogP) is 3.56. The van der Waals surface area contributed by atoms with Gasteiger partial charge in [-0.25, -0.2) is 8.42 Å². The van der Waals surface area contributed by atoms with Gasteiger partial charge in [0.25, 0.3) is 0 Å². The fraction of sp³-hybridized carbons (Fsp3) is 0.300. The van der Waals surface area contributed by atoms with Crippen LogP contribution in [0.3, 0.4) is 0 Å². The lowest BCUT2D eigenvalue weighted by Crippen LogP contribution is -2.30. The first-order valence-corrected chi connectivity index (χ1v) is 9.49. The first-order valence-electron chi connectivity index (χ1n) is 8.05. The van der Waals surface area contributed by atoms with Gasteiger partial charge in [0.1, 0.15) is 5.76 Å². The zero-order valence-corrected chi connectivity index (χ0v) is 15.3. The molecule has 1 heterocycles. The Morgan fingerprint density at radius 2 is 1.88 bits per heavy atom. The van der Waals surface area contributed by atoms with E-state index in [1.54, 1.807) is 36.4 Å². The summed E-state index contributed by atoms with van der Waals surface area (Å²) in [5, 5.41) is 0. The van der Waals surface area contributed by atoms with Crippen LogP contribution in [0.25, 0.3) is 0 Å². The topological polar surface area (TPSA) is 50.5 Å². The number of hydrogen-bond acceptors (Lipinski definition) is 3. The normalized spacial score (nSPS) is 11.0. The summed E-state index contributed by atoms with van der Waals surface area (Å²) in [4.78, 5) is 0.211. The van der Waals surface area contributed by atoms with Gasteiger partial charge in [-0.15, -0.1) is 6.42 Å². The van der Waals surface area contributed by atoms with Crippen molar-refractivity contribution in [1.29, 1.82) is 0 Å². The van der Waals surface area contributed by atoms with Gasteiger partial charge in [0.05, 0.1) is 18.0 Å². The van der Waals surface area contributed by atoms with Gasteiger partial charge in [-0.1, -0.05) is 36.5 Å². The highest BCUT2D eigenvalue weighted by molar-refractivity contribution is 7.89. The number of aryl methyl sites for hydroxylation is 1. The smallest absolute Gasteiger partial charge is 0.244 e. The molecular weight excluding hydrogens is 334 g/mol. The highest BCUT2D eigenvalue weighted by atomic mass is 32.2. The lowest BCUT2D eigenvalue weighted by atomic mass is 10.2. The zero-order valence-electron chi connectivity index (χ0n) is 14.5. The first kappa shape index (κ1) is 18.9. The summed E-state index contributed by atoms with van der Waals surface area (Å²) >= 11 is 0. The van der Waals surface area contributed by atoms with Crippen LogP contribution in [0.2, 0.25) is 0 Å². The molecule has 1 aromatic carbocycles. The van der Waals surface area contributed by atoms with Crippen molar-refractivity contribution < 1.29 is 12.8 Å². The second-order valence-electron chi connectivity index (χ2n) is 5.61. The molecule has 0 N–H and O–H groups in total. The minimum atomic E-state index is -3.70. The highest BCUT2D eigenvalue weighted by Gasteiger charge is 2.25. The third kappa shape index (κ3) is 5.00. The average molecular weight is 355 g/mol. The van der Waals surface area contributed by atoms with Crippen LogP contribution in [0.1, 0.15) is 36.8 Å². The molecule has 0 saturated carbocycles. The first-order chi connectivity index (χ1) is 12.0. The molecule has 25 heavy (non-hydrogen) atoms. The number of hydrogen-bond donors (Lipinski definition) is 0. The molecule has 0 aliphatic rings. The van der Waals surface area contributed by atoms with Crippen LogP contribution in [0.5, 0.6) is 0 Å². The average Bonchev–Trinajstić information content (AvgIpc) is 3.03. The molecule has 2 aromatic rings. The summed E-state index contributed by atoms with van der Waals surface area (Å²) in [6.45, 7) is 3.99. The van der Waals surface area contributed by atoms with Crippen LogP contribution in [0.15, 0.2) is 45.7 Å². The lowest BCUT2D eigenvalue weighted by molar-refractivity contribution is 0.386. The Labute approximate surface area is 149 Å². The third-order valence-corrected chi connectivity index (χ3v) is 5.31. The molecule has 0 bridgehead atoms. The van der Waals surface area contributed by atoms with Gasteiger partial charge in [0.15, 0.2) is 5.76 Å². The standard InChI is InChI=1S/C20H21NO3S/c1-4-6-7-8-18-11-12-19(24-18)16-21(15-5-2)25(22,23)20-13-9-17(3)10-14-20/h2,9-14H,4,6,15-16H2,1,3H3. The van der Waals surface area contributed by atoms with E-state index in [4.69, 9.17) is 10.8 Å². The molecule has 0 aliphatic carbocycles. The van der Waals surface area contributed by atoms with E-state index in [9.17, 15) is 8.42 Å².